The van der Waals surface area contributed by atoms with E-state index < -0.39 is 4.92 Å². The van der Waals surface area contributed by atoms with Gasteiger partial charge < -0.3 is 0 Å². The summed E-state index contributed by atoms with van der Waals surface area (Å²) in [5, 5.41) is 10.5. The highest BCUT2D eigenvalue weighted by molar-refractivity contribution is 5.51. The van der Waals surface area contributed by atoms with Crippen LogP contribution in [0.25, 0.3) is 0 Å². The lowest BCUT2D eigenvalue weighted by Crippen LogP contribution is -1.93. The number of nitro groups is 1. The normalized spacial score (nSPS) is 9.31. The van der Waals surface area contributed by atoms with Gasteiger partial charge in [0.05, 0.1) is 4.92 Å². The number of benzene rings is 1. The van der Waals surface area contributed by atoms with Crippen LogP contribution in [0.5, 0.6) is 0 Å². The number of rotatable bonds is 1. The predicted molar refractivity (Wildman–Crippen MR) is 50.5 cm³/mol. The van der Waals surface area contributed by atoms with E-state index in [1.165, 1.54) is 12.1 Å². The highest BCUT2D eigenvalue weighted by Gasteiger charge is 2.09. The number of terminal acetylenes is 1. The van der Waals surface area contributed by atoms with Crippen LogP contribution in [0.3, 0.4) is 0 Å². The minimum Gasteiger partial charge on any atom is -0.258 e. The molecule has 0 aliphatic heterocycles. The lowest BCUT2D eigenvalue weighted by molar-refractivity contribution is -0.385. The Kier molecular flexibility index (Phi) is 2.34. The van der Waals surface area contributed by atoms with Crippen molar-refractivity contribution >= 4 is 5.69 Å². The van der Waals surface area contributed by atoms with Crippen LogP contribution < -0.4 is 0 Å². The summed E-state index contributed by atoms with van der Waals surface area (Å²) in [5.41, 5.74) is 2.38. The molecule has 0 aliphatic rings. The first-order chi connectivity index (χ1) is 6.06. The Labute approximate surface area is 76.5 Å². The van der Waals surface area contributed by atoms with Gasteiger partial charge in [-0.2, -0.15) is 0 Å². The zero-order chi connectivity index (χ0) is 10.0. The van der Waals surface area contributed by atoms with Gasteiger partial charge in [-0.1, -0.05) is 5.92 Å². The molecule has 13 heavy (non-hydrogen) atoms. The first-order valence-corrected chi connectivity index (χ1v) is 3.78. The molecular weight excluding hydrogens is 166 g/mol. The van der Waals surface area contributed by atoms with E-state index in [4.69, 9.17) is 6.42 Å². The molecule has 0 N–H and O–H groups in total. The fraction of sp³-hybridized carbons (Fsp3) is 0.200. The molecule has 0 saturated carbocycles. The molecule has 0 fully saturated rings. The molecular formula is C10H9NO2. The van der Waals surface area contributed by atoms with Crippen LogP contribution in [-0.2, 0) is 0 Å². The number of aryl methyl sites for hydroxylation is 2. The van der Waals surface area contributed by atoms with Gasteiger partial charge in [0.15, 0.2) is 0 Å². The molecule has 0 atom stereocenters. The van der Waals surface area contributed by atoms with Crippen LogP contribution in [0.2, 0.25) is 0 Å². The van der Waals surface area contributed by atoms with Crippen LogP contribution in [0.4, 0.5) is 5.69 Å². The first-order valence-electron chi connectivity index (χ1n) is 3.78. The largest absolute Gasteiger partial charge is 0.270 e. The lowest BCUT2D eigenvalue weighted by Gasteiger charge is -2.02. The number of non-ortho nitro benzene ring substituents is 1. The number of hydrogen-bond acceptors (Lipinski definition) is 2. The molecule has 0 aromatic heterocycles. The van der Waals surface area contributed by atoms with Crippen LogP contribution in [-0.4, -0.2) is 4.92 Å². The Hall–Kier alpha value is -1.82. The predicted octanol–water partition coefficient (Wildman–Crippen LogP) is 2.19. The zero-order valence-electron chi connectivity index (χ0n) is 7.50. The number of hydrogen-bond donors (Lipinski definition) is 0. The van der Waals surface area contributed by atoms with E-state index in [-0.39, 0.29) is 5.69 Å². The molecule has 66 valence electrons. The third-order valence-electron chi connectivity index (χ3n) is 1.87. The maximum Gasteiger partial charge on any atom is 0.270 e. The maximum atomic E-state index is 10.5. The SMILES string of the molecule is C#Cc1c(C)cc([N+](=O)[O-])cc1C. The zero-order valence-corrected chi connectivity index (χ0v) is 7.50. The minimum atomic E-state index is -0.416. The van der Waals surface area contributed by atoms with Crippen molar-refractivity contribution < 1.29 is 4.92 Å². The number of nitrogens with zero attached hydrogens (tertiary/aromatic N) is 1. The summed E-state index contributed by atoms with van der Waals surface area (Å²) in [6.07, 6.45) is 5.26. The van der Waals surface area contributed by atoms with Gasteiger partial charge in [-0.25, -0.2) is 0 Å². The van der Waals surface area contributed by atoms with E-state index in [0.29, 0.717) is 0 Å². The number of nitro benzene ring substituents is 1. The van der Waals surface area contributed by atoms with E-state index in [1.54, 1.807) is 13.8 Å². The van der Waals surface area contributed by atoms with Gasteiger partial charge in [-0.05, 0) is 25.0 Å². The first kappa shape index (κ1) is 9.27. The summed E-state index contributed by atoms with van der Waals surface area (Å²) in [4.78, 5) is 10.0. The van der Waals surface area contributed by atoms with Crippen molar-refractivity contribution in [1.82, 2.24) is 0 Å². The van der Waals surface area contributed by atoms with Crippen LogP contribution in [0.15, 0.2) is 12.1 Å². The summed E-state index contributed by atoms with van der Waals surface area (Å²) in [7, 11) is 0. The molecule has 0 amide bonds. The second kappa shape index (κ2) is 3.28. The van der Waals surface area contributed by atoms with Crippen LogP contribution in [0, 0.1) is 36.3 Å². The second-order valence-corrected chi connectivity index (χ2v) is 2.86. The molecule has 0 unspecified atom stereocenters. The minimum absolute atomic E-state index is 0.0917. The molecule has 0 bridgehead atoms. The molecule has 0 heterocycles. The van der Waals surface area contributed by atoms with Crippen molar-refractivity contribution in [3.05, 3.63) is 38.9 Å². The molecule has 0 saturated heterocycles. The monoisotopic (exact) mass is 175 g/mol. The van der Waals surface area contributed by atoms with Crippen molar-refractivity contribution in [2.45, 2.75) is 13.8 Å². The smallest absolute Gasteiger partial charge is 0.258 e. The van der Waals surface area contributed by atoms with Crippen molar-refractivity contribution in [3.63, 3.8) is 0 Å². The van der Waals surface area contributed by atoms with Gasteiger partial charge in [0, 0.05) is 17.7 Å². The van der Waals surface area contributed by atoms with Crippen molar-refractivity contribution in [1.29, 1.82) is 0 Å². The van der Waals surface area contributed by atoms with E-state index in [2.05, 4.69) is 5.92 Å². The molecule has 0 spiro atoms. The Balaban J connectivity index is 3.39. The fourth-order valence-electron chi connectivity index (χ4n) is 1.27. The molecule has 1 aromatic rings. The fourth-order valence-corrected chi connectivity index (χ4v) is 1.27. The third-order valence-corrected chi connectivity index (χ3v) is 1.87. The van der Waals surface area contributed by atoms with Gasteiger partial charge in [0.2, 0.25) is 0 Å². The summed E-state index contributed by atoms with van der Waals surface area (Å²) < 4.78 is 0. The van der Waals surface area contributed by atoms with E-state index in [0.717, 1.165) is 16.7 Å². The van der Waals surface area contributed by atoms with E-state index in [9.17, 15) is 10.1 Å². The topological polar surface area (TPSA) is 43.1 Å². The van der Waals surface area contributed by atoms with Gasteiger partial charge in [0.25, 0.3) is 5.69 Å². The lowest BCUT2D eigenvalue weighted by atomic mass is 10.0. The average Bonchev–Trinajstić information content (AvgIpc) is 2.03. The Morgan fingerprint density at radius 3 is 2.15 bits per heavy atom. The Morgan fingerprint density at radius 2 is 1.85 bits per heavy atom. The van der Waals surface area contributed by atoms with Crippen molar-refractivity contribution in [2.24, 2.45) is 0 Å². The molecule has 0 aliphatic carbocycles. The van der Waals surface area contributed by atoms with Gasteiger partial charge in [0.1, 0.15) is 0 Å². The summed E-state index contributed by atoms with van der Waals surface area (Å²) in [5.74, 6) is 2.51. The Morgan fingerprint density at radius 1 is 1.38 bits per heavy atom. The van der Waals surface area contributed by atoms with Gasteiger partial charge in [-0.3, -0.25) is 10.1 Å². The van der Waals surface area contributed by atoms with Crippen LogP contribution >= 0.6 is 0 Å². The molecule has 0 radical (unpaired) electrons. The standard InChI is InChI=1S/C10H9NO2/c1-4-10-7(2)5-9(11(12)13)6-8(10)3/h1,5-6H,2-3H3. The third kappa shape index (κ3) is 1.67. The summed E-state index contributed by atoms with van der Waals surface area (Å²) >= 11 is 0. The maximum absolute atomic E-state index is 10.5. The average molecular weight is 175 g/mol. The molecule has 1 aromatic carbocycles. The highest BCUT2D eigenvalue weighted by Crippen LogP contribution is 2.20. The molecule has 3 heteroatoms. The summed E-state index contributed by atoms with van der Waals surface area (Å²) in [6.45, 7) is 3.55. The van der Waals surface area contributed by atoms with Crippen molar-refractivity contribution in [2.75, 3.05) is 0 Å². The van der Waals surface area contributed by atoms with E-state index >= 15 is 0 Å². The molecule has 1 rings (SSSR count). The summed E-state index contributed by atoms with van der Waals surface area (Å²) in [6, 6.07) is 2.98. The van der Waals surface area contributed by atoms with E-state index in [1.807, 2.05) is 0 Å². The molecule has 3 nitrogen and oxygen atoms in total. The van der Waals surface area contributed by atoms with Gasteiger partial charge in [-0.15, -0.1) is 6.42 Å². The highest BCUT2D eigenvalue weighted by atomic mass is 16.6. The Bertz CT molecular complexity index is 379. The second-order valence-electron chi connectivity index (χ2n) is 2.86. The van der Waals surface area contributed by atoms with Crippen LogP contribution in [0.1, 0.15) is 16.7 Å². The van der Waals surface area contributed by atoms with Gasteiger partial charge >= 0.3 is 0 Å². The quantitative estimate of drug-likeness (QED) is 0.373. The van der Waals surface area contributed by atoms with Crippen molar-refractivity contribution in [3.8, 4) is 12.3 Å².